The lowest BCUT2D eigenvalue weighted by Gasteiger charge is -2.31. The molecule has 0 aliphatic carbocycles. The molecule has 0 fully saturated rings. The summed E-state index contributed by atoms with van der Waals surface area (Å²) in [5.41, 5.74) is 6.81. The van der Waals surface area contributed by atoms with Crippen LogP contribution in [0.25, 0.3) is 0 Å². The highest BCUT2D eigenvalue weighted by Gasteiger charge is 2.29. The van der Waals surface area contributed by atoms with Gasteiger partial charge in [0.1, 0.15) is 12.1 Å². The average Bonchev–Trinajstić information content (AvgIpc) is 3.18. The highest BCUT2D eigenvalue weighted by Crippen LogP contribution is 2.37. The van der Waals surface area contributed by atoms with Crippen LogP contribution in [0, 0.1) is 11.8 Å². The first kappa shape index (κ1) is 39.2. The topological polar surface area (TPSA) is 123 Å². The number of carboxylic acid groups (broad SMARTS) is 2. The molecule has 4 unspecified atom stereocenters. The lowest BCUT2D eigenvalue weighted by molar-refractivity contribution is -0.139. The molecule has 0 aliphatic rings. The van der Waals surface area contributed by atoms with Gasteiger partial charge >= 0.3 is 11.9 Å². The maximum absolute atomic E-state index is 12.2. The van der Waals surface area contributed by atoms with Crippen LogP contribution in [0.15, 0.2) is 143 Å². The Morgan fingerprint density at radius 1 is 0.519 bits per heavy atom. The monoisotopic (exact) mass is 722 g/mol. The van der Waals surface area contributed by atoms with E-state index < -0.39 is 24.0 Å². The number of aliphatic imine (C=N–C) groups is 2. The van der Waals surface area contributed by atoms with E-state index in [9.17, 15) is 19.8 Å². The highest BCUT2D eigenvalue weighted by molar-refractivity contribution is 5.84. The van der Waals surface area contributed by atoms with E-state index >= 15 is 0 Å². The molecule has 278 valence electrons. The first-order valence-corrected chi connectivity index (χ1v) is 18.2. The lowest BCUT2D eigenvalue weighted by atomic mass is 9.73. The van der Waals surface area contributed by atoms with Gasteiger partial charge in [0.2, 0.25) is 0 Å². The third-order valence-corrected chi connectivity index (χ3v) is 10.2. The van der Waals surface area contributed by atoms with Gasteiger partial charge in [-0.05, 0) is 70.8 Å². The van der Waals surface area contributed by atoms with Crippen LogP contribution in [0.5, 0.6) is 0 Å². The van der Waals surface area contributed by atoms with E-state index in [0.29, 0.717) is 0 Å². The average molecular weight is 723 g/mol. The quantitative estimate of drug-likeness (QED) is 0.0752. The molecule has 4 atom stereocenters. The number of hydrogen-bond acceptors (Lipinski definition) is 6. The van der Waals surface area contributed by atoms with Gasteiger partial charge in [0, 0.05) is 46.5 Å². The van der Waals surface area contributed by atoms with Gasteiger partial charge < -0.3 is 20.8 Å². The summed E-state index contributed by atoms with van der Waals surface area (Å²) in [4.78, 5) is 33.3. The molecule has 0 saturated carbocycles. The second-order valence-electron chi connectivity index (χ2n) is 14.9. The Balaban J connectivity index is 1.27. The molecule has 8 nitrogen and oxygen atoms in total. The van der Waals surface area contributed by atoms with Crippen molar-refractivity contribution in [2.45, 2.75) is 64.5 Å². The molecule has 54 heavy (non-hydrogen) atoms. The van der Waals surface area contributed by atoms with E-state index in [2.05, 4.69) is 72.6 Å². The summed E-state index contributed by atoms with van der Waals surface area (Å²) < 4.78 is 0. The lowest BCUT2D eigenvalue weighted by Crippen LogP contribution is -2.36. The number of para-hydroxylation sites is 2. The van der Waals surface area contributed by atoms with Crippen molar-refractivity contribution in [1.82, 2.24) is 0 Å². The summed E-state index contributed by atoms with van der Waals surface area (Å²) in [6.07, 6.45) is 3.36. The number of carbonyl (C=O) groups is 2. The number of anilines is 2. The Labute approximate surface area is 318 Å². The molecule has 0 saturated heterocycles. The molecule has 5 aromatic rings. The first-order valence-electron chi connectivity index (χ1n) is 18.2. The molecule has 4 N–H and O–H groups in total. The van der Waals surface area contributed by atoms with Crippen LogP contribution in [0.4, 0.5) is 22.7 Å². The summed E-state index contributed by atoms with van der Waals surface area (Å²) in [6, 6.07) is 41.8. The van der Waals surface area contributed by atoms with Crippen molar-refractivity contribution in [2.75, 3.05) is 10.6 Å². The number of aliphatic carboxylic acids is 2. The van der Waals surface area contributed by atoms with Gasteiger partial charge in [-0.15, -0.1) is 0 Å². The van der Waals surface area contributed by atoms with Crippen molar-refractivity contribution in [3.05, 3.63) is 156 Å². The summed E-state index contributed by atoms with van der Waals surface area (Å²) in [6.45, 7) is 12.4. The molecular weight excluding hydrogens is 673 g/mol. The van der Waals surface area contributed by atoms with Gasteiger partial charge in [-0.3, -0.25) is 9.98 Å². The van der Waals surface area contributed by atoms with E-state index in [0.717, 1.165) is 45.0 Å². The van der Waals surface area contributed by atoms with Crippen molar-refractivity contribution in [2.24, 2.45) is 21.8 Å². The summed E-state index contributed by atoms with van der Waals surface area (Å²) in [7, 11) is 0. The van der Waals surface area contributed by atoms with E-state index in [1.807, 2.05) is 123 Å². The molecule has 0 spiro atoms. The number of nitrogens with zero attached hydrogens (tertiary/aromatic N) is 2. The zero-order valence-electron chi connectivity index (χ0n) is 31.8. The van der Waals surface area contributed by atoms with Crippen LogP contribution in [-0.2, 0) is 20.4 Å². The summed E-state index contributed by atoms with van der Waals surface area (Å²) in [5, 5.41) is 26.4. The van der Waals surface area contributed by atoms with Crippen LogP contribution in [-0.4, -0.2) is 46.7 Å². The van der Waals surface area contributed by atoms with Crippen LogP contribution in [0.2, 0.25) is 0 Å². The normalized spacial score (nSPS) is 14.3. The Hall–Kier alpha value is -6.02. The zero-order chi connectivity index (χ0) is 38.9. The minimum Gasteiger partial charge on any atom is -0.480 e. The zero-order valence-corrected chi connectivity index (χ0v) is 31.8. The minimum absolute atomic E-state index is 0.341. The molecule has 0 aliphatic heterocycles. The Bertz CT molecular complexity index is 1910. The molecule has 8 heteroatoms. The minimum atomic E-state index is -0.944. The standard InChI is InChI=1S/C46H50N4O4/c1-31(29-47-37-16-9-7-10-17-37)41(43(51)52)49-39-24-20-33(21-25-39)45(3,4)35-14-13-15-36(28-35)46(5,6)34-22-26-40(27-23-34)50-42(44(53)54)32(2)30-48-38-18-11-8-12-19-38/h7-32,41-42,49-50H,1-6H3,(H,51,52)(H,53,54). The van der Waals surface area contributed by atoms with E-state index in [4.69, 9.17) is 0 Å². The highest BCUT2D eigenvalue weighted by atomic mass is 16.4. The summed E-state index contributed by atoms with van der Waals surface area (Å²) in [5.74, 6) is -2.60. The van der Waals surface area contributed by atoms with Gasteiger partial charge in [-0.1, -0.05) is 126 Å². The van der Waals surface area contributed by atoms with Crippen LogP contribution in [0.1, 0.15) is 63.8 Å². The van der Waals surface area contributed by atoms with E-state index in [-0.39, 0.29) is 22.7 Å². The van der Waals surface area contributed by atoms with Crippen LogP contribution in [0.3, 0.4) is 0 Å². The van der Waals surface area contributed by atoms with Crippen molar-refractivity contribution in [1.29, 1.82) is 0 Å². The number of rotatable bonds is 16. The van der Waals surface area contributed by atoms with Crippen LogP contribution >= 0.6 is 0 Å². The maximum Gasteiger partial charge on any atom is 0.326 e. The molecule has 0 amide bonds. The second-order valence-corrected chi connectivity index (χ2v) is 14.9. The Morgan fingerprint density at radius 2 is 0.870 bits per heavy atom. The molecule has 0 bridgehead atoms. The fourth-order valence-corrected chi connectivity index (χ4v) is 6.40. The molecule has 0 radical (unpaired) electrons. The fraction of sp³-hybridized carbons (Fsp3) is 0.261. The van der Waals surface area contributed by atoms with E-state index in [1.54, 1.807) is 12.4 Å². The van der Waals surface area contributed by atoms with E-state index in [1.165, 1.54) is 0 Å². The predicted octanol–water partition coefficient (Wildman–Crippen LogP) is 10.1. The molecular formula is C46H50N4O4. The Kier molecular flexibility index (Phi) is 12.5. The van der Waals surface area contributed by atoms with Crippen molar-refractivity contribution in [3.63, 3.8) is 0 Å². The maximum atomic E-state index is 12.2. The predicted molar refractivity (Wildman–Crippen MR) is 221 cm³/mol. The van der Waals surface area contributed by atoms with Gasteiger partial charge in [0.05, 0.1) is 11.4 Å². The van der Waals surface area contributed by atoms with Crippen molar-refractivity contribution in [3.8, 4) is 0 Å². The second kappa shape index (κ2) is 17.2. The summed E-state index contributed by atoms with van der Waals surface area (Å²) >= 11 is 0. The number of benzene rings is 5. The Morgan fingerprint density at radius 3 is 1.20 bits per heavy atom. The molecule has 0 aromatic heterocycles. The fourth-order valence-electron chi connectivity index (χ4n) is 6.40. The van der Waals surface area contributed by atoms with Gasteiger partial charge in [-0.2, -0.15) is 0 Å². The third-order valence-electron chi connectivity index (χ3n) is 10.2. The smallest absolute Gasteiger partial charge is 0.326 e. The first-order chi connectivity index (χ1) is 25.8. The van der Waals surface area contributed by atoms with Crippen molar-refractivity contribution < 1.29 is 19.8 Å². The number of nitrogens with one attached hydrogen (secondary N) is 2. The molecule has 5 aromatic carbocycles. The third kappa shape index (κ3) is 9.69. The molecule has 5 rings (SSSR count). The van der Waals surface area contributed by atoms with Gasteiger partial charge in [0.25, 0.3) is 0 Å². The molecule has 0 heterocycles. The number of hydrogen-bond donors (Lipinski definition) is 4. The SMILES string of the molecule is CC(C=Nc1ccccc1)C(Nc1ccc(C(C)(C)c2cccc(C(C)(C)c3ccc(NC(C(=O)O)C(C)C=Nc4ccccc4)cc3)c2)cc1)C(=O)O. The van der Waals surface area contributed by atoms with Gasteiger partial charge in [-0.25, -0.2) is 9.59 Å². The van der Waals surface area contributed by atoms with Crippen molar-refractivity contribution >= 4 is 47.1 Å². The van der Waals surface area contributed by atoms with Gasteiger partial charge in [0.15, 0.2) is 0 Å². The number of carboxylic acids is 2. The largest absolute Gasteiger partial charge is 0.480 e. The van der Waals surface area contributed by atoms with Crippen LogP contribution < -0.4 is 10.6 Å².